The fourth-order valence-corrected chi connectivity index (χ4v) is 1.65. The number of fused-ring (bicyclic) bond motifs is 1. The van der Waals surface area contributed by atoms with E-state index in [-0.39, 0.29) is 5.54 Å². The number of halogens is 1. The number of hydrazone groups is 1. The Morgan fingerprint density at radius 2 is 2.17 bits per heavy atom. The normalized spacial score (nSPS) is 25.0. The Bertz CT molecular complexity index is 323. The summed E-state index contributed by atoms with van der Waals surface area (Å²) in [5.74, 6) is 0. The van der Waals surface area contributed by atoms with E-state index in [0.717, 1.165) is 16.3 Å². The highest BCUT2D eigenvalue weighted by Crippen LogP contribution is 2.41. The van der Waals surface area contributed by atoms with E-state index in [2.05, 4.69) is 25.0 Å². The molecule has 0 aromatic rings. The largest absolute Gasteiger partial charge is 0.255 e. The van der Waals surface area contributed by atoms with Crippen molar-refractivity contribution in [1.82, 2.24) is 5.01 Å². The Morgan fingerprint density at radius 3 is 2.75 bits per heavy atom. The predicted octanol–water partition coefficient (Wildman–Crippen LogP) is 2.48. The molecule has 0 fully saturated rings. The van der Waals surface area contributed by atoms with Crippen molar-refractivity contribution in [2.45, 2.75) is 26.3 Å². The molecule has 0 amide bonds. The highest BCUT2D eigenvalue weighted by atomic mass is 35.5. The Balaban J connectivity index is 2.45. The molecule has 2 aliphatic heterocycles. The first-order valence-corrected chi connectivity index (χ1v) is 4.34. The van der Waals surface area contributed by atoms with Crippen LogP contribution in [0.4, 0.5) is 0 Å². The SMILES string of the molecule is CC1=C(Cl)C2=CC(C)(C)N2N=C1. The third-order valence-corrected chi connectivity index (χ3v) is 2.69. The maximum absolute atomic E-state index is 6.07. The minimum absolute atomic E-state index is 0.0344. The molecule has 0 spiro atoms. The van der Waals surface area contributed by atoms with Gasteiger partial charge in [0.15, 0.2) is 0 Å². The molecule has 0 saturated heterocycles. The van der Waals surface area contributed by atoms with Crippen molar-refractivity contribution in [1.29, 1.82) is 0 Å². The molecule has 0 saturated carbocycles. The predicted molar refractivity (Wildman–Crippen MR) is 51.0 cm³/mol. The van der Waals surface area contributed by atoms with Crippen LogP contribution in [0.25, 0.3) is 0 Å². The summed E-state index contributed by atoms with van der Waals surface area (Å²) in [4.78, 5) is 0. The minimum Gasteiger partial charge on any atom is -0.255 e. The van der Waals surface area contributed by atoms with E-state index in [4.69, 9.17) is 11.6 Å². The number of allylic oxidation sites excluding steroid dienone is 2. The van der Waals surface area contributed by atoms with Gasteiger partial charge in [0, 0.05) is 0 Å². The highest BCUT2D eigenvalue weighted by molar-refractivity contribution is 6.34. The summed E-state index contributed by atoms with van der Waals surface area (Å²) in [7, 11) is 0. The quantitative estimate of drug-likeness (QED) is 0.562. The molecule has 2 aliphatic rings. The van der Waals surface area contributed by atoms with Gasteiger partial charge in [0.2, 0.25) is 0 Å². The van der Waals surface area contributed by atoms with Gasteiger partial charge in [0.25, 0.3) is 0 Å². The van der Waals surface area contributed by atoms with Gasteiger partial charge in [-0.3, -0.25) is 5.01 Å². The zero-order chi connectivity index (χ0) is 8.93. The lowest BCUT2D eigenvalue weighted by Gasteiger charge is -2.45. The van der Waals surface area contributed by atoms with E-state index in [9.17, 15) is 0 Å². The summed E-state index contributed by atoms with van der Waals surface area (Å²) in [6.07, 6.45) is 3.94. The van der Waals surface area contributed by atoms with Crippen molar-refractivity contribution in [3.63, 3.8) is 0 Å². The third kappa shape index (κ3) is 0.845. The zero-order valence-corrected chi connectivity index (χ0v) is 8.18. The molecular formula is C9H11ClN2. The van der Waals surface area contributed by atoms with E-state index >= 15 is 0 Å². The maximum atomic E-state index is 6.07. The van der Waals surface area contributed by atoms with Crippen LogP contribution < -0.4 is 0 Å². The monoisotopic (exact) mass is 182 g/mol. The number of rotatable bonds is 0. The molecular weight excluding hydrogens is 172 g/mol. The standard InChI is InChI=1S/C9H11ClN2/c1-6-5-11-12-7(8(6)10)4-9(12,2)3/h4-5H,1-3H3. The molecule has 0 bridgehead atoms. The average molecular weight is 183 g/mol. The molecule has 2 heterocycles. The molecule has 0 atom stereocenters. The molecule has 0 radical (unpaired) electrons. The lowest BCUT2D eigenvalue weighted by Crippen LogP contribution is -2.47. The smallest absolute Gasteiger partial charge is 0.0782 e. The van der Waals surface area contributed by atoms with Crippen molar-refractivity contribution in [3.05, 3.63) is 22.4 Å². The van der Waals surface area contributed by atoms with Crippen LogP contribution in [0, 0.1) is 0 Å². The van der Waals surface area contributed by atoms with Crippen molar-refractivity contribution in [2.24, 2.45) is 5.10 Å². The second-order valence-corrected chi connectivity index (χ2v) is 4.11. The fraction of sp³-hybridized carbons (Fsp3) is 0.444. The van der Waals surface area contributed by atoms with Crippen LogP contribution >= 0.6 is 11.6 Å². The van der Waals surface area contributed by atoms with Crippen LogP contribution in [0.3, 0.4) is 0 Å². The summed E-state index contributed by atoms with van der Waals surface area (Å²) >= 11 is 6.07. The lowest BCUT2D eigenvalue weighted by atomic mass is 9.92. The Labute approximate surface area is 77.2 Å². The van der Waals surface area contributed by atoms with E-state index in [1.807, 2.05) is 11.9 Å². The van der Waals surface area contributed by atoms with E-state index < -0.39 is 0 Å². The number of hydrogen-bond acceptors (Lipinski definition) is 2. The van der Waals surface area contributed by atoms with Gasteiger partial charge >= 0.3 is 0 Å². The van der Waals surface area contributed by atoms with Crippen LogP contribution in [-0.2, 0) is 0 Å². The zero-order valence-electron chi connectivity index (χ0n) is 7.43. The summed E-state index contributed by atoms with van der Waals surface area (Å²) in [6.45, 7) is 6.19. The van der Waals surface area contributed by atoms with E-state index in [0.29, 0.717) is 0 Å². The summed E-state index contributed by atoms with van der Waals surface area (Å²) in [6, 6.07) is 0. The first-order valence-electron chi connectivity index (χ1n) is 3.96. The van der Waals surface area contributed by atoms with Crippen molar-refractivity contribution in [3.8, 4) is 0 Å². The summed E-state index contributed by atoms with van der Waals surface area (Å²) in [5, 5.41) is 7.05. The van der Waals surface area contributed by atoms with Crippen LogP contribution in [0.2, 0.25) is 0 Å². The maximum Gasteiger partial charge on any atom is 0.0782 e. The van der Waals surface area contributed by atoms with E-state index in [1.54, 1.807) is 6.21 Å². The molecule has 0 aromatic heterocycles. The Kier molecular flexibility index (Phi) is 1.40. The highest BCUT2D eigenvalue weighted by Gasteiger charge is 2.39. The second kappa shape index (κ2) is 2.13. The van der Waals surface area contributed by atoms with Crippen molar-refractivity contribution < 1.29 is 0 Å². The minimum atomic E-state index is 0.0344. The van der Waals surface area contributed by atoms with Crippen LogP contribution in [0.5, 0.6) is 0 Å². The average Bonchev–Trinajstić information content (AvgIpc) is 1.97. The van der Waals surface area contributed by atoms with Gasteiger partial charge in [-0.15, -0.1) is 0 Å². The fourth-order valence-electron chi connectivity index (χ4n) is 1.47. The van der Waals surface area contributed by atoms with Gasteiger partial charge in [0.1, 0.15) is 0 Å². The first kappa shape index (κ1) is 7.87. The molecule has 0 aromatic carbocycles. The molecule has 64 valence electrons. The van der Waals surface area contributed by atoms with Crippen molar-refractivity contribution >= 4 is 17.8 Å². The van der Waals surface area contributed by atoms with E-state index in [1.165, 1.54) is 0 Å². The Hall–Kier alpha value is -0.760. The lowest BCUT2D eigenvalue weighted by molar-refractivity contribution is 0.179. The molecule has 12 heavy (non-hydrogen) atoms. The Morgan fingerprint density at radius 1 is 1.50 bits per heavy atom. The molecule has 3 heteroatoms. The van der Waals surface area contributed by atoms with Crippen LogP contribution in [0.15, 0.2) is 27.5 Å². The number of hydrogen-bond donors (Lipinski definition) is 0. The van der Waals surface area contributed by atoms with Gasteiger partial charge in [0.05, 0.1) is 22.5 Å². The van der Waals surface area contributed by atoms with Gasteiger partial charge in [-0.1, -0.05) is 11.6 Å². The topological polar surface area (TPSA) is 15.6 Å². The van der Waals surface area contributed by atoms with Crippen molar-refractivity contribution in [2.75, 3.05) is 0 Å². The van der Waals surface area contributed by atoms with Gasteiger partial charge in [-0.25, -0.2) is 0 Å². The summed E-state index contributed by atoms with van der Waals surface area (Å²) in [5.41, 5.74) is 2.11. The molecule has 0 N–H and O–H groups in total. The van der Waals surface area contributed by atoms with Crippen LogP contribution in [-0.4, -0.2) is 16.8 Å². The first-order chi connectivity index (χ1) is 5.52. The molecule has 2 rings (SSSR count). The van der Waals surface area contributed by atoms with Gasteiger partial charge < -0.3 is 0 Å². The molecule has 2 nitrogen and oxygen atoms in total. The second-order valence-electron chi connectivity index (χ2n) is 3.74. The molecule has 0 aliphatic carbocycles. The molecule has 0 unspecified atom stereocenters. The van der Waals surface area contributed by atoms with Crippen LogP contribution in [0.1, 0.15) is 20.8 Å². The summed E-state index contributed by atoms with van der Waals surface area (Å²) < 4.78 is 0. The third-order valence-electron chi connectivity index (χ3n) is 2.20. The van der Waals surface area contributed by atoms with Gasteiger partial charge in [-0.05, 0) is 32.4 Å². The number of nitrogens with zero attached hydrogens (tertiary/aromatic N) is 2. The van der Waals surface area contributed by atoms with Gasteiger partial charge in [-0.2, -0.15) is 5.10 Å².